The molecule has 2 nitrogen and oxygen atoms in total. The SMILES string of the molecule is CC1CC2C3C[C@@H](O)C4CC(O)CC[C@]4(C)C3CCC2(C)C1. The van der Waals surface area contributed by atoms with Crippen molar-refractivity contribution in [2.24, 2.45) is 40.4 Å². The molecule has 4 aliphatic carbocycles. The van der Waals surface area contributed by atoms with Gasteiger partial charge in [-0.05, 0) is 91.8 Å². The van der Waals surface area contributed by atoms with Crippen molar-refractivity contribution < 1.29 is 10.2 Å². The minimum Gasteiger partial charge on any atom is -0.393 e. The molecule has 22 heavy (non-hydrogen) atoms. The summed E-state index contributed by atoms with van der Waals surface area (Å²) in [5.74, 6) is 3.55. The topological polar surface area (TPSA) is 40.5 Å². The summed E-state index contributed by atoms with van der Waals surface area (Å²) in [6, 6.07) is 0. The van der Waals surface area contributed by atoms with Crippen LogP contribution < -0.4 is 0 Å². The molecule has 4 fully saturated rings. The van der Waals surface area contributed by atoms with E-state index in [9.17, 15) is 10.2 Å². The average molecular weight is 306 g/mol. The summed E-state index contributed by atoms with van der Waals surface area (Å²) in [6.45, 7) is 7.41. The third kappa shape index (κ3) is 2.05. The van der Waals surface area contributed by atoms with E-state index >= 15 is 0 Å². The van der Waals surface area contributed by atoms with Crippen LogP contribution in [0.5, 0.6) is 0 Å². The van der Waals surface area contributed by atoms with E-state index in [0.29, 0.717) is 11.3 Å². The van der Waals surface area contributed by atoms with E-state index in [0.717, 1.165) is 49.4 Å². The lowest BCUT2D eigenvalue weighted by Crippen LogP contribution is -2.57. The van der Waals surface area contributed by atoms with Gasteiger partial charge in [-0.3, -0.25) is 0 Å². The first-order chi connectivity index (χ1) is 10.3. The van der Waals surface area contributed by atoms with E-state index in [1.807, 2.05) is 0 Å². The van der Waals surface area contributed by atoms with E-state index in [1.165, 1.54) is 25.7 Å². The third-order valence-electron chi connectivity index (χ3n) is 8.64. The van der Waals surface area contributed by atoms with Crippen LogP contribution in [0.4, 0.5) is 0 Å². The second kappa shape index (κ2) is 4.96. The standard InChI is InChI=1S/C20H34O2/c1-12-8-16-14-10-18(22)17-9-13(21)4-7-20(17,3)15(14)5-6-19(16,2)11-12/h12-18,21-22H,4-11H2,1-3H3/t12?,13?,14?,15?,16?,17?,18-,19?,20-/m1/s1. The molecule has 2 heteroatoms. The summed E-state index contributed by atoms with van der Waals surface area (Å²) in [4.78, 5) is 0. The van der Waals surface area contributed by atoms with Crippen LogP contribution in [0.1, 0.15) is 72.1 Å². The molecule has 0 amide bonds. The number of rotatable bonds is 0. The predicted octanol–water partition coefficient (Wildman–Crippen LogP) is 4.00. The molecule has 0 spiro atoms. The molecule has 0 saturated heterocycles. The maximum Gasteiger partial charge on any atom is 0.0577 e. The quantitative estimate of drug-likeness (QED) is 0.710. The molecule has 0 radical (unpaired) electrons. The monoisotopic (exact) mass is 306 g/mol. The van der Waals surface area contributed by atoms with Crippen LogP contribution in [0.3, 0.4) is 0 Å². The van der Waals surface area contributed by atoms with Crippen LogP contribution in [-0.2, 0) is 0 Å². The molecule has 4 saturated carbocycles. The molecule has 0 aromatic heterocycles. The average Bonchev–Trinajstić information content (AvgIpc) is 2.76. The van der Waals surface area contributed by atoms with Crippen molar-refractivity contribution >= 4 is 0 Å². The number of aliphatic hydroxyl groups excluding tert-OH is 2. The summed E-state index contributed by atoms with van der Waals surface area (Å²) in [6.07, 6.45) is 9.08. The lowest BCUT2D eigenvalue weighted by atomic mass is 9.44. The Morgan fingerprint density at radius 2 is 1.64 bits per heavy atom. The summed E-state index contributed by atoms with van der Waals surface area (Å²) >= 11 is 0. The van der Waals surface area contributed by atoms with Crippen LogP contribution in [-0.4, -0.2) is 22.4 Å². The van der Waals surface area contributed by atoms with Crippen molar-refractivity contribution in [3.05, 3.63) is 0 Å². The number of hydrogen-bond donors (Lipinski definition) is 2. The fourth-order valence-electron chi connectivity index (χ4n) is 7.70. The Hall–Kier alpha value is -0.0800. The van der Waals surface area contributed by atoms with Crippen LogP contribution in [0.15, 0.2) is 0 Å². The van der Waals surface area contributed by atoms with Gasteiger partial charge in [0, 0.05) is 0 Å². The lowest BCUT2D eigenvalue weighted by Gasteiger charge is -2.61. The summed E-state index contributed by atoms with van der Waals surface area (Å²) < 4.78 is 0. The molecule has 0 aromatic rings. The minimum absolute atomic E-state index is 0.176. The zero-order chi connectivity index (χ0) is 15.7. The zero-order valence-corrected chi connectivity index (χ0v) is 14.6. The van der Waals surface area contributed by atoms with Crippen LogP contribution >= 0.6 is 0 Å². The summed E-state index contributed by atoms with van der Waals surface area (Å²) in [7, 11) is 0. The first-order valence-electron chi connectivity index (χ1n) is 9.69. The highest BCUT2D eigenvalue weighted by molar-refractivity contribution is 5.10. The minimum atomic E-state index is -0.181. The predicted molar refractivity (Wildman–Crippen MR) is 88.3 cm³/mol. The van der Waals surface area contributed by atoms with Gasteiger partial charge in [0.05, 0.1) is 12.2 Å². The lowest BCUT2D eigenvalue weighted by molar-refractivity contribution is -0.167. The molecule has 4 rings (SSSR count). The Labute approximate surface area is 135 Å². The van der Waals surface area contributed by atoms with Gasteiger partial charge >= 0.3 is 0 Å². The smallest absolute Gasteiger partial charge is 0.0577 e. The molecule has 126 valence electrons. The number of fused-ring (bicyclic) bond motifs is 5. The van der Waals surface area contributed by atoms with Crippen molar-refractivity contribution in [3.8, 4) is 0 Å². The maximum atomic E-state index is 10.9. The van der Waals surface area contributed by atoms with E-state index < -0.39 is 0 Å². The number of hydrogen-bond acceptors (Lipinski definition) is 2. The summed E-state index contributed by atoms with van der Waals surface area (Å²) in [5.41, 5.74) is 0.812. The Morgan fingerprint density at radius 1 is 0.864 bits per heavy atom. The van der Waals surface area contributed by atoms with Crippen molar-refractivity contribution in [2.75, 3.05) is 0 Å². The van der Waals surface area contributed by atoms with Gasteiger partial charge in [-0.1, -0.05) is 20.8 Å². The maximum absolute atomic E-state index is 10.9. The fraction of sp³-hybridized carbons (Fsp3) is 1.00. The molecule has 7 unspecified atom stereocenters. The van der Waals surface area contributed by atoms with Gasteiger partial charge in [-0.2, -0.15) is 0 Å². The molecule has 0 aliphatic heterocycles. The molecule has 9 atom stereocenters. The fourth-order valence-corrected chi connectivity index (χ4v) is 7.70. The van der Waals surface area contributed by atoms with Crippen LogP contribution in [0, 0.1) is 40.4 Å². The van der Waals surface area contributed by atoms with E-state index in [2.05, 4.69) is 20.8 Å². The van der Waals surface area contributed by atoms with Crippen molar-refractivity contribution in [1.29, 1.82) is 0 Å². The van der Waals surface area contributed by atoms with Crippen molar-refractivity contribution in [2.45, 2.75) is 84.3 Å². The first kappa shape index (κ1) is 15.4. The number of aliphatic hydroxyl groups is 2. The zero-order valence-electron chi connectivity index (χ0n) is 14.6. The third-order valence-corrected chi connectivity index (χ3v) is 8.64. The van der Waals surface area contributed by atoms with Gasteiger partial charge < -0.3 is 10.2 Å². The van der Waals surface area contributed by atoms with Crippen molar-refractivity contribution in [3.63, 3.8) is 0 Å². The second-order valence-corrected chi connectivity index (χ2v) is 9.96. The Kier molecular flexibility index (Phi) is 3.48. The Morgan fingerprint density at radius 3 is 2.41 bits per heavy atom. The van der Waals surface area contributed by atoms with E-state index in [1.54, 1.807) is 0 Å². The van der Waals surface area contributed by atoms with Gasteiger partial charge in [0.25, 0.3) is 0 Å². The normalized spacial score (nSPS) is 61.2. The van der Waals surface area contributed by atoms with E-state index in [-0.39, 0.29) is 17.6 Å². The summed E-state index contributed by atoms with van der Waals surface area (Å²) in [5, 5.41) is 21.0. The molecule has 0 bridgehead atoms. The van der Waals surface area contributed by atoms with Crippen LogP contribution in [0.25, 0.3) is 0 Å². The van der Waals surface area contributed by atoms with Crippen LogP contribution in [0.2, 0.25) is 0 Å². The highest BCUT2D eigenvalue weighted by Gasteiger charge is 2.60. The highest BCUT2D eigenvalue weighted by atomic mass is 16.3. The molecular formula is C20H34O2. The van der Waals surface area contributed by atoms with Gasteiger partial charge in [-0.15, -0.1) is 0 Å². The Balaban J connectivity index is 1.66. The molecule has 4 aliphatic rings. The molecule has 0 aromatic carbocycles. The van der Waals surface area contributed by atoms with Crippen molar-refractivity contribution in [1.82, 2.24) is 0 Å². The first-order valence-corrected chi connectivity index (χ1v) is 9.69. The second-order valence-electron chi connectivity index (χ2n) is 9.96. The van der Waals surface area contributed by atoms with Gasteiger partial charge in [0.1, 0.15) is 0 Å². The highest BCUT2D eigenvalue weighted by Crippen LogP contribution is 2.66. The van der Waals surface area contributed by atoms with E-state index in [4.69, 9.17) is 0 Å². The molecular weight excluding hydrogens is 272 g/mol. The van der Waals surface area contributed by atoms with Gasteiger partial charge in [-0.25, -0.2) is 0 Å². The molecule has 0 heterocycles. The Bertz CT molecular complexity index is 449. The largest absolute Gasteiger partial charge is 0.393 e. The molecule has 2 N–H and O–H groups in total. The van der Waals surface area contributed by atoms with Gasteiger partial charge in [0.2, 0.25) is 0 Å². The van der Waals surface area contributed by atoms with Gasteiger partial charge in [0.15, 0.2) is 0 Å².